The Balaban J connectivity index is 1.82. The molecule has 0 saturated carbocycles. The molecule has 0 bridgehead atoms. The number of hydrogen-bond donors (Lipinski definition) is 2. The number of benzene rings is 2. The van der Waals surface area contributed by atoms with Gasteiger partial charge >= 0.3 is 0 Å². The Morgan fingerprint density at radius 3 is 2.74 bits per heavy atom. The van der Waals surface area contributed by atoms with Gasteiger partial charge < -0.3 is 14.6 Å². The highest BCUT2D eigenvalue weighted by molar-refractivity contribution is 6.30. The van der Waals surface area contributed by atoms with Crippen molar-refractivity contribution >= 4 is 23.7 Å². The molecule has 120 valence electrons. The molecule has 0 aliphatic heterocycles. The van der Waals surface area contributed by atoms with Gasteiger partial charge in [-0.3, -0.25) is 4.79 Å². The summed E-state index contributed by atoms with van der Waals surface area (Å²) in [5.74, 6) is 0.496. The maximum absolute atomic E-state index is 11.6. The van der Waals surface area contributed by atoms with Gasteiger partial charge in [-0.2, -0.15) is 5.10 Å². The first-order valence-electron chi connectivity index (χ1n) is 6.66. The van der Waals surface area contributed by atoms with Gasteiger partial charge in [-0.1, -0.05) is 11.6 Å². The quantitative estimate of drug-likeness (QED) is 0.628. The first kappa shape index (κ1) is 16.6. The predicted octanol–water partition coefficient (Wildman–Crippen LogP) is 2.58. The van der Waals surface area contributed by atoms with Crippen LogP contribution in [0.5, 0.6) is 17.2 Å². The first-order chi connectivity index (χ1) is 11.1. The lowest BCUT2D eigenvalue weighted by Gasteiger charge is -2.05. The van der Waals surface area contributed by atoms with E-state index in [1.54, 1.807) is 36.4 Å². The first-order valence-corrected chi connectivity index (χ1v) is 7.03. The molecular formula is C16H15ClN2O4. The minimum atomic E-state index is -0.401. The van der Waals surface area contributed by atoms with Gasteiger partial charge in [0.15, 0.2) is 18.1 Å². The fourth-order valence-electron chi connectivity index (χ4n) is 1.67. The van der Waals surface area contributed by atoms with Crippen LogP contribution in [0.25, 0.3) is 0 Å². The number of phenolic OH excluding ortho intramolecular Hbond substituents is 1. The molecule has 2 aromatic carbocycles. The van der Waals surface area contributed by atoms with Crippen LogP contribution >= 0.6 is 11.6 Å². The molecule has 1 amide bonds. The van der Waals surface area contributed by atoms with E-state index in [1.165, 1.54) is 19.4 Å². The number of carbonyl (C=O) groups excluding carboxylic acids is 1. The predicted molar refractivity (Wildman–Crippen MR) is 87.3 cm³/mol. The number of nitrogens with one attached hydrogen (secondary N) is 1. The van der Waals surface area contributed by atoms with Crippen molar-refractivity contribution in [3.8, 4) is 17.2 Å². The standard InChI is InChI=1S/C16H15ClN2O4/c1-22-15-8-11(2-7-14(15)20)9-18-19-16(21)10-23-13-5-3-12(17)4-6-13/h2-9,20H,10H2,1H3,(H,19,21). The zero-order chi connectivity index (χ0) is 16.7. The topological polar surface area (TPSA) is 80.2 Å². The number of hydrogen-bond acceptors (Lipinski definition) is 5. The summed E-state index contributed by atoms with van der Waals surface area (Å²) in [6.07, 6.45) is 1.43. The molecule has 0 spiro atoms. The Kier molecular flexibility index (Phi) is 5.82. The van der Waals surface area contributed by atoms with E-state index >= 15 is 0 Å². The molecule has 2 aromatic rings. The number of amides is 1. The van der Waals surface area contributed by atoms with Crippen LogP contribution < -0.4 is 14.9 Å². The average Bonchev–Trinajstić information content (AvgIpc) is 2.56. The summed E-state index contributed by atoms with van der Waals surface area (Å²) in [5.41, 5.74) is 3.01. The molecular weight excluding hydrogens is 320 g/mol. The molecule has 6 nitrogen and oxygen atoms in total. The Bertz CT molecular complexity index is 702. The van der Waals surface area contributed by atoms with Crippen LogP contribution in [0.3, 0.4) is 0 Å². The number of aromatic hydroxyl groups is 1. The third-order valence-electron chi connectivity index (χ3n) is 2.79. The third kappa shape index (κ3) is 5.19. The number of carbonyl (C=O) groups is 1. The lowest BCUT2D eigenvalue weighted by atomic mass is 10.2. The van der Waals surface area contributed by atoms with E-state index in [2.05, 4.69) is 10.5 Å². The molecule has 0 atom stereocenters. The van der Waals surface area contributed by atoms with Crippen molar-refractivity contribution in [1.29, 1.82) is 0 Å². The Morgan fingerprint density at radius 2 is 2.04 bits per heavy atom. The van der Waals surface area contributed by atoms with Gasteiger partial charge in [0.2, 0.25) is 0 Å². The van der Waals surface area contributed by atoms with Crippen LogP contribution in [0.4, 0.5) is 0 Å². The summed E-state index contributed by atoms with van der Waals surface area (Å²) < 4.78 is 10.3. The molecule has 23 heavy (non-hydrogen) atoms. The van der Waals surface area contributed by atoms with Crippen molar-refractivity contribution in [3.63, 3.8) is 0 Å². The number of rotatable bonds is 6. The fraction of sp³-hybridized carbons (Fsp3) is 0.125. The second-order valence-electron chi connectivity index (χ2n) is 4.47. The molecule has 0 saturated heterocycles. The minimum absolute atomic E-state index is 0.0325. The molecule has 0 aliphatic carbocycles. The van der Waals surface area contributed by atoms with Crippen molar-refractivity contribution < 1.29 is 19.4 Å². The van der Waals surface area contributed by atoms with Gasteiger partial charge in [-0.25, -0.2) is 5.43 Å². The summed E-state index contributed by atoms with van der Waals surface area (Å²) >= 11 is 5.75. The number of phenols is 1. The number of nitrogens with zero attached hydrogens (tertiary/aromatic N) is 1. The third-order valence-corrected chi connectivity index (χ3v) is 3.04. The molecule has 2 N–H and O–H groups in total. The van der Waals surface area contributed by atoms with Crippen molar-refractivity contribution in [1.82, 2.24) is 5.43 Å². The smallest absolute Gasteiger partial charge is 0.277 e. The van der Waals surface area contributed by atoms with Crippen LogP contribution in [-0.2, 0) is 4.79 Å². The maximum Gasteiger partial charge on any atom is 0.277 e. The summed E-state index contributed by atoms with van der Waals surface area (Å²) in [6, 6.07) is 11.4. The van der Waals surface area contributed by atoms with Gasteiger partial charge in [-0.15, -0.1) is 0 Å². The van der Waals surface area contributed by atoms with Gasteiger partial charge in [0, 0.05) is 5.02 Å². The van der Waals surface area contributed by atoms with E-state index in [4.69, 9.17) is 21.1 Å². The number of hydrazone groups is 1. The zero-order valence-corrected chi connectivity index (χ0v) is 13.1. The Hall–Kier alpha value is -2.73. The number of methoxy groups -OCH3 is 1. The van der Waals surface area contributed by atoms with Crippen LogP contribution in [-0.4, -0.2) is 30.9 Å². The van der Waals surface area contributed by atoms with Crippen molar-refractivity contribution in [2.24, 2.45) is 5.10 Å². The molecule has 0 heterocycles. The summed E-state index contributed by atoms with van der Waals surface area (Å²) in [5, 5.41) is 13.9. The van der Waals surface area contributed by atoms with E-state index in [0.29, 0.717) is 22.1 Å². The van der Waals surface area contributed by atoms with Crippen LogP contribution in [0.2, 0.25) is 5.02 Å². The van der Waals surface area contributed by atoms with Crippen molar-refractivity contribution in [2.45, 2.75) is 0 Å². The number of ether oxygens (including phenoxy) is 2. The van der Waals surface area contributed by atoms with Crippen LogP contribution in [0.1, 0.15) is 5.56 Å². The second-order valence-corrected chi connectivity index (χ2v) is 4.90. The van der Waals surface area contributed by atoms with E-state index in [9.17, 15) is 9.90 Å². The summed E-state index contributed by atoms with van der Waals surface area (Å²) in [4.78, 5) is 11.6. The highest BCUT2D eigenvalue weighted by Gasteiger charge is 2.03. The van der Waals surface area contributed by atoms with E-state index in [0.717, 1.165) is 0 Å². The molecule has 0 aliphatic rings. The van der Waals surface area contributed by atoms with Gasteiger partial charge in [-0.05, 0) is 48.0 Å². The molecule has 0 aromatic heterocycles. The largest absolute Gasteiger partial charge is 0.504 e. The molecule has 2 rings (SSSR count). The Morgan fingerprint density at radius 1 is 1.30 bits per heavy atom. The van der Waals surface area contributed by atoms with Gasteiger partial charge in [0.25, 0.3) is 5.91 Å². The molecule has 0 fully saturated rings. The SMILES string of the molecule is COc1cc(C=NNC(=O)COc2ccc(Cl)cc2)ccc1O. The molecule has 0 radical (unpaired) electrons. The van der Waals surface area contributed by atoms with Crippen LogP contribution in [0, 0.1) is 0 Å². The maximum atomic E-state index is 11.6. The van der Waals surface area contributed by atoms with Crippen LogP contribution in [0.15, 0.2) is 47.6 Å². The summed E-state index contributed by atoms with van der Waals surface area (Å²) in [7, 11) is 1.45. The highest BCUT2D eigenvalue weighted by Crippen LogP contribution is 2.25. The zero-order valence-electron chi connectivity index (χ0n) is 12.3. The Labute approximate surface area is 138 Å². The molecule has 7 heteroatoms. The fourth-order valence-corrected chi connectivity index (χ4v) is 1.79. The normalized spacial score (nSPS) is 10.5. The van der Waals surface area contributed by atoms with Crippen molar-refractivity contribution in [3.05, 3.63) is 53.1 Å². The van der Waals surface area contributed by atoms with Crippen molar-refractivity contribution in [2.75, 3.05) is 13.7 Å². The lowest BCUT2D eigenvalue weighted by Crippen LogP contribution is -2.24. The molecule has 0 unspecified atom stereocenters. The minimum Gasteiger partial charge on any atom is -0.504 e. The summed E-state index contributed by atoms with van der Waals surface area (Å²) in [6.45, 7) is -0.169. The average molecular weight is 335 g/mol. The van der Waals surface area contributed by atoms with E-state index in [1.807, 2.05) is 0 Å². The van der Waals surface area contributed by atoms with Gasteiger partial charge in [0.1, 0.15) is 5.75 Å². The van der Waals surface area contributed by atoms with E-state index < -0.39 is 5.91 Å². The highest BCUT2D eigenvalue weighted by atomic mass is 35.5. The monoisotopic (exact) mass is 334 g/mol. The van der Waals surface area contributed by atoms with Gasteiger partial charge in [0.05, 0.1) is 13.3 Å². The lowest BCUT2D eigenvalue weighted by molar-refractivity contribution is -0.123. The number of halogens is 1. The second kappa shape index (κ2) is 8.05. The van der Waals surface area contributed by atoms with E-state index in [-0.39, 0.29) is 12.4 Å².